The van der Waals surface area contributed by atoms with Gasteiger partial charge in [-0.2, -0.15) is 0 Å². The number of hydrogen-bond acceptors (Lipinski definition) is 3. The topological polar surface area (TPSA) is 24.9 Å². The second-order valence-electron chi connectivity index (χ2n) is 6.36. The van der Waals surface area contributed by atoms with Crippen molar-refractivity contribution in [3.8, 4) is 11.3 Å². The smallest absolute Gasteiger partial charge is 0.110 e. The molecule has 1 aromatic heterocycles. The molecule has 0 aliphatic rings. The highest BCUT2D eigenvalue weighted by atomic mass is 32.1. The molecule has 1 unspecified atom stereocenters. The SMILES string of the molecule is CNC(C)c1nc(-c2cc(C(C)(C)C)ccc2C)cs1. The Bertz CT molecular complexity index is 593. The van der Waals surface area contributed by atoms with E-state index in [9.17, 15) is 0 Å². The van der Waals surface area contributed by atoms with Gasteiger partial charge in [0.2, 0.25) is 0 Å². The maximum absolute atomic E-state index is 4.79. The molecule has 1 N–H and O–H groups in total. The van der Waals surface area contributed by atoms with Crippen molar-refractivity contribution < 1.29 is 0 Å². The normalized spacial score (nSPS) is 13.5. The Kier molecular flexibility index (Phi) is 4.31. The van der Waals surface area contributed by atoms with Crippen molar-refractivity contribution in [2.75, 3.05) is 7.05 Å². The molecule has 1 heterocycles. The average molecular weight is 288 g/mol. The number of aryl methyl sites for hydroxylation is 1. The lowest BCUT2D eigenvalue weighted by Gasteiger charge is -2.20. The van der Waals surface area contributed by atoms with Crippen molar-refractivity contribution in [2.24, 2.45) is 0 Å². The molecule has 0 aliphatic carbocycles. The van der Waals surface area contributed by atoms with Crippen LogP contribution < -0.4 is 5.32 Å². The Balaban J connectivity index is 2.44. The summed E-state index contributed by atoms with van der Waals surface area (Å²) in [6, 6.07) is 7.02. The zero-order chi connectivity index (χ0) is 14.9. The first-order valence-corrected chi connectivity index (χ1v) is 7.95. The van der Waals surface area contributed by atoms with E-state index in [1.54, 1.807) is 11.3 Å². The minimum absolute atomic E-state index is 0.166. The van der Waals surface area contributed by atoms with Crippen LogP contribution in [0.3, 0.4) is 0 Å². The zero-order valence-electron chi connectivity index (χ0n) is 13.2. The Labute approximate surface area is 126 Å². The molecule has 0 fully saturated rings. The van der Waals surface area contributed by atoms with Crippen LogP contribution in [0.25, 0.3) is 11.3 Å². The van der Waals surface area contributed by atoms with Gasteiger partial charge in [-0.3, -0.25) is 0 Å². The van der Waals surface area contributed by atoms with Crippen LogP contribution in [0.5, 0.6) is 0 Å². The van der Waals surface area contributed by atoms with E-state index < -0.39 is 0 Å². The van der Waals surface area contributed by atoms with Crippen molar-refractivity contribution in [2.45, 2.75) is 46.1 Å². The van der Waals surface area contributed by atoms with Crippen molar-refractivity contribution >= 4 is 11.3 Å². The first-order valence-electron chi connectivity index (χ1n) is 7.07. The van der Waals surface area contributed by atoms with Gasteiger partial charge >= 0.3 is 0 Å². The van der Waals surface area contributed by atoms with Crippen LogP contribution in [0.1, 0.15) is 49.9 Å². The molecule has 0 saturated heterocycles. The molecule has 20 heavy (non-hydrogen) atoms. The van der Waals surface area contributed by atoms with E-state index in [4.69, 9.17) is 4.98 Å². The van der Waals surface area contributed by atoms with Crippen molar-refractivity contribution in [3.63, 3.8) is 0 Å². The molecular formula is C17H24N2S. The van der Waals surface area contributed by atoms with Crippen LogP contribution in [0.4, 0.5) is 0 Å². The predicted octanol–water partition coefficient (Wildman–Crippen LogP) is 4.70. The summed E-state index contributed by atoms with van der Waals surface area (Å²) in [4.78, 5) is 4.79. The Morgan fingerprint density at radius 2 is 1.95 bits per heavy atom. The highest BCUT2D eigenvalue weighted by Gasteiger charge is 2.17. The van der Waals surface area contributed by atoms with Crippen LogP contribution in [-0.4, -0.2) is 12.0 Å². The van der Waals surface area contributed by atoms with Gasteiger partial charge in [-0.05, 0) is 43.5 Å². The summed E-state index contributed by atoms with van der Waals surface area (Å²) in [5, 5.41) is 6.55. The predicted molar refractivity (Wildman–Crippen MR) is 88.5 cm³/mol. The molecule has 3 heteroatoms. The van der Waals surface area contributed by atoms with Gasteiger partial charge in [0.15, 0.2) is 0 Å². The van der Waals surface area contributed by atoms with E-state index in [2.05, 4.69) is 63.5 Å². The summed E-state index contributed by atoms with van der Waals surface area (Å²) >= 11 is 1.73. The molecular weight excluding hydrogens is 264 g/mol. The lowest BCUT2D eigenvalue weighted by molar-refractivity contribution is 0.590. The maximum Gasteiger partial charge on any atom is 0.110 e. The fourth-order valence-corrected chi connectivity index (χ4v) is 2.98. The van der Waals surface area contributed by atoms with Gasteiger partial charge in [0.1, 0.15) is 5.01 Å². The number of thiazole rings is 1. The molecule has 2 nitrogen and oxygen atoms in total. The van der Waals surface area contributed by atoms with Crippen molar-refractivity contribution in [1.29, 1.82) is 0 Å². The molecule has 0 amide bonds. The van der Waals surface area contributed by atoms with Gasteiger partial charge < -0.3 is 5.32 Å². The standard InChI is InChI=1S/C17H24N2S/c1-11-7-8-13(17(3,4)5)9-14(11)15-10-20-16(19-15)12(2)18-6/h7-10,12,18H,1-6H3. The van der Waals surface area contributed by atoms with E-state index in [0.29, 0.717) is 6.04 Å². The summed E-state index contributed by atoms with van der Waals surface area (Å²) in [5.41, 5.74) is 5.15. The monoisotopic (exact) mass is 288 g/mol. The molecule has 0 aliphatic heterocycles. The Morgan fingerprint density at radius 1 is 1.25 bits per heavy atom. The van der Waals surface area contributed by atoms with E-state index in [-0.39, 0.29) is 5.41 Å². The van der Waals surface area contributed by atoms with Crippen LogP contribution in [0, 0.1) is 6.92 Å². The molecule has 0 radical (unpaired) electrons. The number of hydrogen-bond donors (Lipinski definition) is 1. The number of aromatic nitrogens is 1. The minimum atomic E-state index is 0.166. The molecule has 1 atom stereocenters. The fraction of sp³-hybridized carbons (Fsp3) is 0.471. The van der Waals surface area contributed by atoms with Gasteiger partial charge in [-0.25, -0.2) is 4.98 Å². The summed E-state index contributed by atoms with van der Waals surface area (Å²) in [7, 11) is 1.97. The molecule has 0 spiro atoms. The number of benzene rings is 1. The van der Waals surface area contributed by atoms with E-state index in [1.807, 2.05) is 7.05 Å². The maximum atomic E-state index is 4.79. The van der Waals surface area contributed by atoms with Gasteiger partial charge in [0.05, 0.1) is 11.7 Å². The van der Waals surface area contributed by atoms with E-state index >= 15 is 0 Å². The van der Waals surface area contributed by atoms with Crippen LogP contribution >= 0.6 is 11.3 Å². The molecule has 108 valence electrons. The third-order valence-electron chi connectivity index (χ3n) is 3.70. The largest absolute Gasteiger partial charge is 0.311 e. The van der Waals surface area contributed by atoms with Crippen molar-refractivity contribution in [1.82, 2.24) is 10.3 Å². The Hall–Kier alpha value is -1.19. The lowest BCUT2D eigenvalue weighted by atomic mass is 9.85. The van der Waals surface area contributed by atoms with Gasteiger partial charge in [-0.1, -0.05) is 32.9 Å². The minimum Gasteiger partial charge on any atom is -0.311 e. The first-order chi connectivity index (χ1) is 9.32. The summed E-state index contributed by atoms with van der Waals surface area (Å²) in [6.45, 7) is 11.0. The van der Waals surface area contributed by atoms with E-state index in [0.717, 1.165) is 10.7 Å². The van der Waals surface area contributed by atoms with Crippen molar-refractivity contribution in [3.05, 3.63) is 39.7 Å². The average Bonchev–Trinajstić information content (AvgIpc) is 2.86. The summed E-state index contributed by atoms with van der Waals surface area (Å²) < 4.78 is 0. The van der Waals surface area contributed by atoms with Gasteiger partial charge in [0, 0.05) is 10.9 Å². The molecule has 0 saturated carbocycles. The second-order valence-corrected chi connectivity index (χ2v) is 7.25. The second kappa shape index (κ2) is 5.66. The zero-order valence-corrected chi connectivity index (χ0v) is 14.1. The molecule has 0 bridgehead atoms. The van der Waals surface area contributed by atoms with Gasteiger partial charge in [0.25, 0.3) is 0 Å². The summed E-state index contributed by atoms with van der Waals surface area (Å²) in [5.74, 6) is 0. The molecule has 2 aromatic rings. The summed E-state index contributed by atoms with van der Waals surface area (Å²) in [6.07, 6.45) is 0. The van der Waals surface area contributed by atoms with Crippen LogP contribution in [0.2, 0.25) is 0 Å². The highest BCUT2D eigenvalue weighted by molar-refractivity contribution is 7.10. The number of rotatable bonds is 3. The fourth-order valence-electron chi connectivity index (χ4n) is 2.10. The third-order valence-corrected chi connectivity index (χ3v) is 4.73. The number of nitrogens with one attached hydrogen (secondary N) is 1. The quantitative estimate of drug-likeness (QED) is 0.885. The highest BCUT2D eigenvalue weighted by Crippen LogP contribution is 2.31. The van der Waals surface area contributed by atoms with Crippen LogP contribution in [-0.2, 0) is 5.41 Å². The lowest BCUT2D eigenvalue weighted by Crippen LogP contribution is -2.12. The Morgan fingerprint density at radius 3 is 2.55 bits per heavy atom. The first kappa shape index (κ1) is 15.2. The molecule has 2 rings (SSSR count). The van der Waals surface area contributed by atoms with E-state index in [1.165, 1.54) is 16.7 Å². The third kappa shape index (κ3) is 3.10. The molecule has 1 aromatic carbocycles. The number of nitrogens with zero attached hydrogens (tertiary/aromatic N) is 1. The van der Waals surface area contributed by atoms with Crippen LogP contribution in [0.15, 0.2) is 23.6 Å². The van der Waals surface area contributed by atoms with Gasteiger partial charge in [-0.15, -0.1) is 11.3 Å².